The monoisotopic (exact) mass is 338 g/mol. The number of rotatable bonds is 19. The molecule has 0 aromatic carbocycles. The lowest BCUT2D eigenvalue weighted by Crippen LogP contribution is -1.93. The zero-order chi connectivity index (χ0) is 17.7. The van der Waals surface area contributed by atoms with Gasteiger partial charge in [-0.15, -0.1) is 0 Å². The molecule has 0 aliphatic heterocycles. The van der Waals surface area contributed by atoms with Gasteiger partial charge in [-0.25, -0.2) is 0 Å². The number of unbranched alkanes of at least 4 members (excludes halogenated alkanes) is 15. The normalized spacial score (nSPS) is 11.4. The summed E-state index contributed by atoms with van der Waals surface area (Å²) in [6.45, 7) is 2.28. The number of allylic oxidation sites excluding steroid dienone is 2. The number of carboxylic acids is 1. The first-order chi connectivity index (χ1) is 11.8. The molecule has 0 aliphatic rings. The van der Waals surface area contributed by atoms with Crippen molar-refractivity contribution in [3.8, 4) is 0 Å². The SMILES string of the molecule is CCCCCCCCCC/C=C\CCCCCCCCCC(=O)O. The summed E-state index contributed by atoms with van der Waals surface area (Å²) < 4.78 is 0. The second kappa shape index (κ2) is 20.3. The molecule has 0 amide bonds. The fourth-order valence-electron chi connectivity index (χ4n) is 3.05. The van der Waals surface area contributed by atoms with Crippen LogP contribution >= 0.6 is 0 Å². The van der Waals surface area contributed by atoms with E-state index in [0.717, 1.165) is 12.8 Å². The van der Waals surface area contributed by atoms with Crippen molar-refractivity contribution in [1.29, 1.82) is 0 Å². The zero-order valence-corrected chi connectivity index (χ0v) is 16.2. The first kappa shape index (κ1) is 23.2. The number of carbonyl (C=O) groups is 1. The molecule has 1 N–H and O–H groups in total. The van der Waals surface area contributed by atoms with Gasteiger partial charge in [0.25, 0.3) is 0 Å². The summed E-state index contributed by atoms with van der Waals surface area (Å²) in [7, 11) is 0. The average molecular weight is 339 g/mol. The molecule has 0 rings (SSSR count). The summed E-state index contributed by atoms with van der Waals surface area (Å²) in [6, 6.07) is 0. The largest absolute Gasteiger partial charge is 0.481 e. The van der Waals surface area contributed by atoms with Crippen LogP contribution in [-0.4, -0.2) is 11.1 Å². The molecule has 2 nitrogen and oxygen atoms in total. The highest BCUT2D eigenvalue weighted by atomic mass is 16.4. The lowest BCUT2D eigenvalue weighted by Gasteiger charge is -2.00. The fourth-order valence-corrected chi connectivity index (χ4v) is 3.05. The third-order valence-corrected chi connectivity index (χ3v) is 4.65. The first-order valence-electron chi connectivity index (χ1n) is 10.6. The van der Waals surface area contributed by atoms with Crippen molar-refractivity contribution in [1.82, 2.24) is 0 Å². The molecule has 0 atom stereocenters. The van der Waals surface area contributed by atoms with Gasteiger partial charge in [0.2, 0.25) is 0 Å². The minimum atomic E-state index is -0.659. The van der Waals surface area contributed by atoms with Gasteiger partial charge < -0.3 is 5.11 Å². The summed E-state index contributed by atoms with van der Waals surface area (Å²) in [6.07, 6.45) is 27.1. The molecule has 0 saturated heterocycles. The van der Waals surface area contributed by atoms with Crippen molar-refractivity contribution in [3.63, 3.8) is 0 Å². The molecule has 0 aromatic heterocycles. The van der Waals surface area contributed by atoms with Gasteiger partial charge >= 0.3 is 5.97 Å². The van der Waals surface area contributed by atoms with Crippen LogP contribution in [0.15, 0.2) is 12.2 Å². The Labute approximate surface area is 151 Å². The minimum absolute atomic E-state index is 0.337. The second-order valence-electron chi connectivity index (χ2n) is 7.14. The quantitative estimate of drug-likeness (QED) is 0.194. The maximum absolute atomic E-state index is 10.4. The Kier molecular flexibility index (Phi) is 19.6. The van der Waals surface area contributed by atoms with E-state index in [-0.39, 0.29) is 0 Å². The predicted octanol–water partition coefficient (Wildman–Crippen LogP) is 7.67. The molecule has 0 unspecified atom stereocenters. The average Bonchev–Trinajstić information content (AvgIpc) is 2.56. The van der Waals surface area contributed by atoms with E-state index in [1.54, 1.807) is 0 Å². The second-order valence-corrected chi connectivity index (χ2v) is 7.14. The summed E-state index contributed by atoms with van der Waals surface area (Å²) in [5.74, 6) is -0.659. The molecule has 142 valence electrons. The highest BCUT2D eigenvalue weighted by Crippen LogP contribution is 2.11. The van der Waals surface area contributed by atoms with E-state index in [0.29, 0.717) is 6.42 Å². The van der Waals surface area contributed by atoms with Gasteiger partial charge in [0.15, 0.2) is 0 Å². The molecule has 0 fully saturated rings. The van der Waals surface area contributed by atoms with Crippen LogP contribution in [0.1, 0.15) is 122 Å². The van der Waals surface area contributed by atoms with Gasteiger partial charge in [-0.2, -0.15) is 0 Å². The predicted molar refractivity (Wildman–Crippen MR) is 106 cm³/mol. The Morgan fingerprint density at radius 3 is 1.42 bits per heavy atom. The van der Waals surface area contributed by atoms with Crippen molar-refractivity contribution >= 4 is 5.97 Å². The van der Waals surface area contributed by atoms with E-state index in [1.165, 1.54) is 96.3 Å². The van der Waals surface area contributed by atoms with E-state index in [2.05, 4.69) is 19.1 Å². The lowest BCUT2D eigenvalue weighted by molar-refractivity contribution is -0.137. The van der Waals surface area contributed by atoms with Gasteiger partial charge in [0, 0.05) is 6.42 Å². The Morgan fingerprint density at radius 2 is 1.00 bits per heavy atom. The Bertz CT molecular complexity index is 284. The van der Waals surface area contributed by atoms with Crippen molar-refractivity contribution in [2.75, 3.05) is 0 Å². The molecular formula is C22H42O2. The van der Waals surface area contributed by atoms with Crippen LogP contribution < -0.4 is 0 Å². The Balaban J connectivity index is 3.07. The van der Waals surface area contributed by atoms with Gasteiger partial charge in [0.1, 0.15) is 0 Å². The maximum Gasteiger partial charge on any atom is 0.303 e. The molecule has 0 bridgehead atoms. The van der Waals surface area contributed by atoms with E-state index < -0.39 is 5.97 Å². The molecule has 24 heavy (non-hydrogen) atoms. The molecule has 2 heteroatoms. The Morgan fingerprint density at radius 1 is 0.625 bits per heavy atom. The van der Waals surface area contributed by atoms with Crippen LogP contribution in [0.2, 0.25) is 0 Å². The van der Waals surface area contributed by atoms with Crippen LogP contribution in [-0.2, 0) is 4.79 Å². The molecule has 0 aromatic rings. The summed E-state index contributed by atoms with van der Waals surface area (Å²) in [5.41, 5.74) is 0. The van der Waals surface area contributed by atoms with Crippen LogP contribution in [0, 0.1) is 0 Å². The highest BCUT2D eigenvalue weighted by molar-refractivity contribution is 5.66. The molecule has 0 heterocycles. The van der Waals surface area contributed by atoms with Gasteiger partial charge in [-0.05, 0) is 32.1 Å². The van der Waals surface area contributed by atoms with E-state index in [1.807, 2.05) is 0 Å². The lowest BCUT2D eigenvalue weighted by atomic mass is 10.1. The first-order valence-corrected chi connectivity index (χ1v) is 10.6. The number of aliphatic carboxylic acids is 1. The van der Waals surface area contributed by atoms with Gasteiger partial charge in [-0.3, -0.25) is 4.79 Å². The van der Waals surface area contributed by atoms with E-state index >= 15 is 0 Å². The van der Waals surface area contributed by atoms with Crippen molar-refractivity contribution in [2.24, 2.45) is 0 Å². The zero-order valence-electron chi connectivity index (χ0n) is 16.2. The van der Waals surface area contributed by atoms with Crippen LogP contribution in [0.4, 0.5) is 0 Å². The smallest absolute Gasteiger partial charge is 0.303 e. The summed E-state index contributed by atoms with van der Waals surface area (Å²) in [5, 5.41) is 8.55. The van der Waals surface area contributed by atoms with Gasteiger partial charge in [-0.1, -0.05) is 96.1 Å². The van der Waals surface area contributed by atoms with Crippen LogP contribution in [0.5, 0.6) is 0 Å². The summed E-state index contributed by atoms with van der Waals surface area (Å²) >= 11 is 0. The van der Waals surface area contributed by atoms with Crippen molar-refractivity contribution in [3.05, 3.63) is 12.2 Å². The fraction of sp³-hybridized carbons (Fsp3) is 0.864. The maximum atomic E-state index is 10.4. The topological polar surface area (TPSA) is 37.3 Å². The van der Waals surface area contributed by atoms with E-state index in [4.69, 9.17) is 5.11 Å². The number of carboxylic acid groups (broad SMARTS) is 1. The summed E-state index contributed by atoms with van der Waals surface area (Å²) in [4.78, 5) is 10.4. The van der Waals surface area contributed by atoms with E-state index in [9.17, 15) is 4.79 Å². The molecule has 0 aliphatic carbocycles. The number of hydrogen-bond donors (Lipinski definition) is 1. The minimum Gasteiger partial charge on any atom is -0.481 e. The van der Waals surface area contributed by atoms with Crippen molar-refractivity contribution < 1.29 is 9.90 Å². The number of hydrogen-bond acceptors (Lipinski definition) is 1. The third-order valence-electron chi connectivity index (χ3n) is 4.65. The van der Waals surface area contributed by atoms with Crippen LogP contribution in [0.25, 0.3) is 0 Å². The van der Waals surface area contributed by atoms with Crippen molar-refractivity contribution in [2.45, 2.75) is 122 Å². The molecule has 0 radical (unpaired) electrons. The molecular weight excluding hydrogens is 296 g/mol. The van der Waals surface area contributed by atoms with Crippen LogP contribution in [0.3, 0.4) is 0 Å². The molecule has 0 spiro atoms. The standard InChI is InChI=1S/C22H42O2/c1-2-3-4-5-6-7-8-9-10-11-12-13-14-15-16-17-18-19-20-21-22(23)24/h11-12H,2-10,13-21H2,1H3,(H,23,24)/b12-11-. The highest BCUT2D eigenvalue weighted by Gasteiger charge is 1.96. The van der Waals surface area contributed by atoms with Gasteiger partial charge in [0.05, 0.1) is 0 Å². The Hall–Kier alpha value is -0.790. The molecule has 0 saturated carbocycles. The third kappa shape index (κ3) is 21.2.